The van der Waals surface area contributed by atoms with Gasteiger partial charge in [-0.25, -0.2) is 0 Å². The Kier molecular flexibility index (Phi) is 3.53. The Labute approximate surface area is 75.4 Å². The Hall–Kier alpha value is -0.0800. The monoisotopic (exact) mass is 171 g/mol. The number of aliphatic hydroxyl groups excluding tert-OH is 1. The van der Waals surface area contributed by atoms with Crippen LogP contribution in [0.15, 0.2) is 0 Å². The van der Waals surface area contributed by atoms with Crippen molar-refractivity contribution in [3.05, 3.63) is 0 Å². The van der Waals surface area contributed by atoms with Crippen LogP contribution in [-0.2, 0) is 0 Å². The Balaban J connectivity index is 2.21. The lowest BCUT2D eigenvalue weighted by Gasteiger charge is -2.26. The zero-order valence-corrected chi connectivity index (χ0v) is 8.27. The SMILES string of the molecule is CC(CO)CNC1(C)CCCC1. The molecule has 1 rings (SSSR count). The van der Waals surface area contributed by atoms with Gasteiger partial charge in [-0.1, -0.05) is 19.8 Å². The summed E-state index contributed by atoms with van der Waals surface area (Å²) < 4.78 is 0. The van der Waals surface area contributed by atoms with Gasteiger partial charge in [-0.3, -0.25) is 0 Å². The molecule has 1 atom stereocenters. The third-order valence-corrected chi connectivity index (χ3v) is 2.90. The second kappa shape index (κ2) is 4.24. The van der Waals surface area contributed by atoms with Crippen molar-refractivity contribution in [1.29, 1.82) is 0 Å². The van der Waals surface area contributed by atoms with Gasteiger partial charge in [-0.05, 0) is 25.7 Å². The minimum atomic E-state index is 0.295. The molecular weight excluding hydrogens is 150 g/mol. The van der Waals surface area contributed by atoms with Crippen molar-refractivity contribution in [3.63, 3.8) is 0 Å². The maximum absolute atomic E-state index is 8.85. The Morgan fingerprint density at radius 1 is 1.42 bits per heavy atom. The predicted molar refractivity (Wildman–Crippen MR) is 51.1 cm³/mol. The Morgan fingerprint density at radius 2 is 2.00 bits per heavy atom. The normalized spacial score (nSPS) is 24.2. The van der Waals surface area contributed by atoms with E-state index in [1.54, 1.807) is 0 Å². The van der Waals surface area contributed by atoms with Gasteiger partial charge in [0.2, 0.25) is 0 Å². The molecule has 1 unspecified atom stereocenters. The van der Waals surface area contributed by atoms with Crippen LogP contribution in [0.1, 0.15) is 39.5 Å². The molecule has 1 fully saturated rings. The zero-order valence-electron chi connectivity index (χ0n) is 8.27. The summed E-state index contributed by atoms with van der Waals surface area (Å²) in [6, 6.07) is 0. The molecule has 1 aliphatic carbocycles. The molecule has 1 saturated carbocycles. The first-order valence-electron chi connectivity index (χ1n) is 5.02. The molecule has 2 N–H and O–H groups in total. The molecule has 1 aliphatic rings. The van der Waals surface area contributed by atoms with Gasteiger partial charge in [0.1, 0.15) is 0 Å². The fourth-order valence-electron chi connectivity index (χ4n) is 1.82. The van der Waals surface area contributed by atoms with Crippen molar-refractivity contribution in [2.75, 3.05) is 13.2 Å². The first-order valence-corrected chi connectivity index (χ1v) is 5.02. The third-order valence-electron chi connectivity index (χ3n) is 2.90. The lowest BCUT2D eigenvalue weighted by molar-refractivity contribution is 0.219. The van der Waals surface area contributed by atoms with Crippen molar-refractivity contribution >= 4 is 0 Å². The summed E-state index contributed by atoms with van der Waals surface area (Å²) in [4.78, 5) is 0. The van der Waals surface area contributed by atoms with E-state index in [2.05, 4.69) is 19.2 Å². The van der Waals surface area contributed by atoms with Crippen LogP contribution in [0.3, 0.4) is 0 Å². The van der Waals surface area contributed by atoms with Crippen molar-refractivity contribution in [2.24, 2.45) is 5.92 Å². The quantitative estimate of drug-likeness (QED) is 0.672. The van der Waals surface area contributed by atoms with Crippen LogP contribution in [0.4, 0.5) is 0 Å². The highest BCUT2D eigenvalue weighted by Crippen LogP contribution is 2.28. The van der Waals surface area contributed by atoms with Gasteiger partial charge < -0.3 is 10.4 Å². The molecule has 0 bridgehead atoms. The minimum Gasteiger partial charge on any atom is -0.396 e. The molecule has 0 aliphatic heterocycles. The fraction of sp³-hybridized carbons (Fsp3) is 1.00. The van der Waals surface area contributed by atoms with Crippen LogP contribution >= 0.6 is 0 Å². The third kappa shape index (κ3) is 2.76. The molecule has 0 heterocycles. The van der Waals surface area contributed by atoms with E-state index in [1.807, 2.05) is 0 Å². The number of aliphatic hydroxyl groups is 1. The van der Waals surface area contributed by atoms with Gasteiger partial charge in [-0.15, -0.1) is 0 Å². The largest absolute Gasteiger partial charge is 0.396 e. The van der Waals surface area contributed by atoms with E-state index >= 15 is 0 Å². The van der Waals surface area contributed by atoms with Crippen LogP contribution in [0, 0.1) is 5.92 Å². The van der Waals surface area contributed by atoms with Gasteiger partial charge >= 0.3 is 0 Å². The van der Waals surface area contributed by atoms with Gasteiger partial charge in [-0.2, -0.15) is 0 Å². The number of hydrogen-bond acceptors (Lipinski definition) is 2. The maximum Gasteiger partial charge on any atom is 0.0468 e. The molecule has 0 aromatic heterocycles. The number of rotatable bonds is 4. The summed E-state index contributed by atoms with van der Waals surface area (Å²) in [6.45, 7) is 5.62. The summed E-state index contributed by atoms with van der Waals surface area (Å²) in [7, 11) is 0. The van der Waals surface area contributed by atoms with Crippen molar-refractivity contribution in [3.8, 4) is 0 Å². The Bertz CT molecular complexity index is 130. The second-order valence-electron chi connectivity index (χ2n) is 4.44. The molecule has 72 valence electrons. The van der Waals surface area contributed by atoms with E-state index in [1.165, 1.54) is 25.7 Å². The lowest BCUT2D eigenvalue weighted by Crippen LogP contribution is -2.42. The molecule has 0 aromatic carbocycles. The van der Waals surface area contributed by atoms with E-state index in [0.29, 0.717) is 18.1 Å². The van der Waals surface area contributed by atoms with E-state index in [-0.39, 0.29) is 0 Å². The van der Waals surface area contributed by atoms with Gasteiger partial charge in [0.15, 0.2) is 0 Å². The van der Waals surface area contributed by atoms with Crippen LogP contribution in [0.25, 0.3) is 0 Å². The van der Waals surface area contributed by atoms with Gasteiger partial charge in [0.05, 0.1) is 0 Å². The summed E-state index contributed by atoms with van der Waals surface area (Å²) in [6.07, 6.45) is 5.31. The number of nitrogens with one attached hydrogen (secondary N) is 1. The highest BCUT2D eigenvalue weighted by Gasteiger charge is 2.27. The highest BCUT2D eigenvalue weighted by molar-refractivity contribution is 4.88. The van der Waals surface area contributed by atoms with Crippen LogP contribution in [0.2, 0.25) is 0 Å². The standard InChI is InChI=1S/C10H21NO/c1-9(8-12)7-11-10(2)5-3-4-6-10/h9,11-12H,3-8H2,1-2H3. The molecule has 0 aromatic rings. The molecule has 0 saturated heterocycles. The predicted octanol–water partition coefficient (Wildman–Crippen LogP) is 1.54. The molecule has 0 amide bonds. The van der Waals surface area contributed by atoms with Crippen LogP contribution in [-0.4, -0.2) is 23.8 Å². The van der Waals surface area contributed by atoms with Crippen molar-refractivity contribution in [1.82, 2.24) is 5.32 Å². The van der Waals surface area contributed by atoms with E-state index in [4.69, 9.17) is 5.11 Å². The molecule has 0 spiro atoms. The lowest BCUT2D eigenvalue weighted by atomic mass is 10.00. The number of hydrogen-bond donors (Lipinski definition) is 2. The van der Waals surface area contributed by atoms with Crippen molar-refractivity contribution in [2.45, 2.75) is 45.1 Å². The first-order chi connectivity index (χ1) is 5.66. The molecule has 12 heavy (non-hydrogen) atoms. The summed E-state index contributed by atoms with van der Waals surface area (Å²) in [5, 5.41) is 12.4. The average Bonchev–Trinajstić information content (AvgIpc) is 2.49. The summed E-state index contributed by atoms with van der Waals surface area (Å²) in [5.74, 6) is 0.391. The van der Waals surface area contributed by atoms with Gasteiger partial charge in [0.25, 0.3) is 0 Å². The van der Waals surface area contributed by atoms with E-state index < -0.39 is 0 Å². The van der Waals surface area contributed by atoms with Crippen LogP contribution in [0.5, 0.6) is 0 Å². The molecular formula is C10H21NO. The fourth-order valence-corrected chi connectivity index (χ4v) is 1.82. The van der Waals surface area contributed by atoms with Crippen LogP contribution < -0.4 is 5.32 Å². The zero-order chi connectivity index (χ0) is 9.03. The van der Waals surface area contributed by atoms with E-state index in [0.717, 1.165) is 6.54 Å². The van der Waals surface area contributed by atoms with E-state index in [9.17, 15) is 0 Å². The maximum atomic E-state index is 8.85. The van der Waals surface area contributed by atoms with Gasteiger partial charge in [0, 0.05) is 18.7 Å². The second-order valence-corrected chi connectivity index (χ2v) is 4.44. The molecule has 0 radical (unpaired) electrons. The molecule has 2 nitrogen and oxygen atoms in total. The first kappa shape index (κ1) is 10.0. The van der Waals surface area contributed by atoms with Crippen molar-refractivity contribution < 1.29 is 5.11 Å². The minimum absolute atomic E-state index is 0.295. The summed E-state index contributed by atoms with van der Waals surface area (Å²) in [5.41, 5.74) is 0.365. The Morgan fingerprint density at radius 3 is 2.50 bits per heavy atom. The molecule has 2 heteroatoms. The highest BCUT2D eigenvalue weighted by atomic mass is 16.3. The average molecular weight is 171 g/mol. The smallest absolute Gasteiger partial charge is 0.0468 e. The topological polar surface area (TPSA) is 32.3 Å². The summed E-state index contributed by atoms with van der Waals surface area (Å²) >= 11 is 0.